The molecule has 0 unspecified atom stereocenters. The highest BCUT2D eigenvalue weighted by Gasteiger charge is 2.43. The molecule has 1 aliphatic heterocycles. The molecule has 2 aromatic carbocycles. The van der Waals surface area contributed by atoms with Gasteiger partial charge in [-0.3, -0.25) is 9.59 Å². The van der Waals surface area contributed by atoms with Crippen molar-refractivity contribution in [3.8, 4) is 0 Å². The number of thiophene rings is 1. The molecule has 0 spiro atoms. The molecule has 1 aliphatic rings. The predicted molar refractivity (Wildman–Crippen MR) is 117 cm³/mol. The largest absolute Gasteiger partial charge is 0.333 e. The van der Waals surface area contributed by atoms with Gasteiger partial charge >= 0.3 is 0 Å². The second-order valence-electron chi connectivity index (χ2n) is 7.71. The van der Waals surface area contributed by atoms with Crippen molar-refractivity contribution in [3.05, 3.63) is 87.6 Å². The first kappa shape index (κ1) is 19.4. The molecular weight excluding hydrogens is 380 g/mol. The zero-order valence-electron chi connectivity index (χ0n) is 16.8. The van der Waals surface area contributed by atoms with Gasteiger partial charge in [-0.1, -0.05) is 50.2 Å². The van der Waals surface area contributed by atoms with E-state index in [0.29, 0.717) is 11.5 Å². The Kier molecular flexibility index (Phi) is 5.24. The number of nitrogens with zero attached hydrogens (tertiary/aromatic N) is 1. The van der Waals surface area contributed by atoms with Crippen molar-refractivity contribution < 1.29 is 9.59 Å². The lowest BCUT2D eigenvalue weighted by molar-refractivity contribution is -0.119. The highest BCUT2D eigenvalue weighted by molar-refractivity contribution is 7.10. The molecule has 1 aromatic heterocycles. The third-order valence-electron chi connectivity index (χ3n) is 5.54. The number of hydrogen-bond acceptors (Lipinski definition) is 3. The van der Waals surface area contributed by atoms with Gasteiger partial charge in [0, 0.05) is 23.2 Å². The smallest absolute Gasteiger partial charge is 0.254 e. The number of rotatable bonds is 4. The van der Waals surface area contributed by atoms with Crippen LogP contribution >= 0.6 is 11.3 Å². The Hall–Kier alpha value is -2.92. The van der Waals surface area contributed by atoms with Gasteiger partial charge in [-0.2, -0.15) is 0 Å². The van der Waals surface area contributed by atoms with E-state index in [1.165, 1.54) is 5.56 Å². The number of likely N-dealkylation sites (N-methyl/N-ethyl adjacent to an activating group) is 1. The van der Waals surface area contributed by atoms with E-state index in [-0.39, 0.29) is 17.9 Å². The van der Waals surface area contributed by atoms with Crippen molar-refractivity contribution in [2.24, 2.45) is 0 Å². The van der Waals surface area contributed by atoms with E-state index in [9.17, 15) is 9.59 Å². The Balaban J connectivity index is 1.72. The van der Waals surface area contributed by atoms with Crippen LogP contribution in [0.25, 0.3) is 0 Å². The Bertz CT molecular complexity index is 1030. The van der Waals surface area contributed by atoms with Crippen LogP contribution in [0.5, 0.6) is 0 Å². The summed E-state index contributed by atoms with van der Waals surface area (Å²) in [6.45, 7) is 4.29. The number of anilines is 1. The molecule has 1 N–H and O–H groups in total. The third kappa shape index (κ3) is 3.58. The highest BCUT2D eigenvalue weighted by Crippen LogP contribution is 2.43. The summed E-state index contributed by atoms with van der Waals surface area (Å²) in [6.07, 6.45) is 0. The van der Waals surface area contributed by atoms with Gasteiger partial charge in [-0.15, -0.1) is 11.3 Å². The normalized spacial score (nSPS) is 18.6. The van der Waals surface area contributed by atoms with Crippen LogP contribution in [0.1, 0.15) is 58.1 Å². The molecule has 148 valence electrons. The number of benzene rings is 2. The zero-order valence-corrected chi connectivity index (χ0v) is 17.6. The van der Waals surface area contributed by atoms with Gasteiger partial charge in [-0.05, 0) is 46.7 Å². The number of carbonyl (C=O) groups is 2. The topological polar surface area (TPSA) is 49.4 Å². The SMILES string of the molecule is CC(C)c1ccc(NC(=O)[C@@H]2c3ccccc3C(=O)N(C)[C@@H]2c2cccs2)cc1. The van der Waals surface area contributed by atoms with Crippen molar-refractivity contribution in [1.82, 2.24) is 4.90 Å². The van der Waals surface area contributed by atoms with Gasteiger partial charge in [0.25, 0.3) is 5.91 Å². The van der Waals surface area contributed by atoms with Gasteiger partial charge in [0.2, 0.25) is 5.91 Å². The molecule has 5 heteroatoms. The molecule has 2 heterocycles. The Labute approximate surface area is 175 Å². The quantitative estimate of drug-likeness (QED) is 0.631. The molecular formula is C24H24N2O2S. The number of carbonyl (C=O) groups excluding carboxylic acids is 2. The van der Waals surface area contributed by atoms with Gasteiger partial charge < -0.3 is 10.2 Å². The molecule has 0 fully saturated rings. The second kappa shape index (κ2) is 7.84. The summed E-state index contributed by atoms with van der Waals surface area (Å²) in [7, 11) is 1.78. The van der Waals surface area contributed by atoms with Crippen LogP contribution in [0, 0.1) is 0 Å². The molecule has 0 saturated carbocycles. The predicted octanol–water partition coefficient (Wildman–Crippen LogP) is 5.42. The van der Waals surface area contributed by atoms with E-state index in [2.05, 4.69) is 19.2 Å². The molecule has 0 bridgehead atoms. The molecule has 4 rings (SSSR count). The number of nitrogens with one attached hydrogen (secondary N) is 1. The van der Waals surface area contributed by atoms with Crippen LogP contribution in [-0.2, 0) is 4.79 Å². The Morgan fingerprint density at radius 2 is 1.76 bits per heavy atom. The van der Waals surface area contributed by atoms with Crippen LogP contribution < -0.4 is 5.32 Å². The van der Waals surface area contributed by atoms with Gasteiger partial charge in [0.05, 0.1) is 12.0 Å². The van der Waals surface area contributed by atoms with Crippen molar-refractivity contribution in [3.63, 3.8) is 0 Å². The summed E-state index contributed by atoms with van der Waals surface area (Å²) < 4.78 is 0. The van der Waals surface area contributed by atoms with E-state index < -0.39 is 5.92 Å². The first-order chi connectivity index (χ1) is 14.0. The lowest BCUT2D eigenvalue weighted by Gasteiger charge is -2.39. The van der Waals surface area contributed by atoms with Gasteiger partial charge in [0.1, 0.15) is 0 Å². The molecule has 0 aliphatic carbocycles. The fourth-order valence-corrected chi connectivity index (χ4v) is 4.85. The monoisotopic (exact) mass is 404 g/mol. The Morgan fingerprint density at radius 3 is 2.41 bits per heavy atom. The van der Waals surface area contributed by atoms with E-state index in [4.69, 9.17) is 0 Å². The standard InChI is InChI=1S/C24H24N2O2S/c1-15(2)16-10-12-17(13-11-16)25-23(27)21-18-7-4-5-8-19(18)24(28)26(3)22(21)20-9-6-14-29-20/h4-15,21-22H,1-3H3,(H,25,27)/t21-,22-/m1/s1. The maximum absolute atomic E-state index is 13.5. The highest BCUT2D eigenvalue weighted by atomic mass is 32.1. The summed E-state index contributed by atoms with van der Waals surface area (Å²) in [5.74, 6) is -0.193. The number of amides is 2. The van der Waals surface area contributed by atoms with Gasteiger partial charge in [0.15, 0.2) is 0 Å². The summed E-state index contributed by atoms with van der Waals surface area (Å²) in [4.78, 5) is 29.1. The van der Waals surface area contributed by atoms with Crippen molar-refractivity contribution in [2.75, 3.05) is 12.4 Å². The molecule has 2 atom stereocenters. The molecule has 0 radical (unpaired) electrons. The first-order valence-corrected chi connectivity index (χ1v) is 10.7. The molecule has 2 amide bonds. The molecule has 0 saturated heterocycles. The van der Waals surface area contributed by atoms with Crippen LogP contribution in [0.2, 0.25) is 0 Å². The molecule has 3 aromatic rings. The Morgan fingerprint density at radius 1 is 1.03 bits per heavy atom. The van der Waals surface area contributed by atoms with Crippen LogP contribution in [0.3, 0.4) is 0 Å². The summed E-state index contributed by atoms with van der Waals surface area (Å²) in [5, 5.41) is 5.05. The van der Waals surface area contributed by atoms with Crippen LogP contribution in [-0.4, -0.2) is 23.8 Å². The lowest BCUT2D eigenvalue weighted by atomic mass is 9.81. The van der Waals surface area contributed by atoms with E-state index >= 15 is 0 Å². The lowest BCUT2D eigenvalue weighted by Crippen LogP contribution is -2.43. The fraction of sp³-hybridized carbons (Fsp3) is 0.250. The maximum atomic E-state index is 13.5. The van der Waals surface area contributed by atoms with E-state index in [1.807, 2.05) is 60.0 Å². The average molecular weight is 405 g/mol. The summed E-state index contributed by atoms with van der Waals surface area (Å²) in [5.41, 5.74) is 3.37. The van der Waals surface area contributed by atoms with Crippen molar-refractivity contribution in [1.29, 1.82) is 0 Å². The van der Waals surface area contributed by atoms with Crippen molar-refractivity contribution >= 4 is 28.8 Å². The van der Waals surface area contributed by atoms with Gasteiger partial charge in [-0.25, -0.2) is 0 Å². The molecule has 4 nitrogen and oxygen atoms in total. The third-order valence-corrected chi connectivity index (χ3v) is 6.48. The van der Waals surface area contributed by atoms with E-state index in [0.717, 1.165) is 16.1 Å². The first-order valence-electron chi connectivity index (χ1n) is 9.77. The minimum absolute atomic E-state index is 0.0515. The summed E-state index contributed by atoms with van der Waals surface area (Å²) in [6, 6.07) is 19.0. The zero-order chi connectivity index (χ0) is 20.5. The number of hydrogen-bond donors (Lipinski definition) is 1. The fourth-order valence-electron chi connectivity index (χ4n) is 3.94. The maximum Gasteiger partial charge on any atom is 0.254 e. The molecule has 29 heavy (non-hydrogen) atoms. The minimum atomic E-state index is -0.475. The van der Waals surface area contributed by atoms with Crippen LogP contribution in [0.15, 0.2) is 66.0 Å². The minimum Gasteiger partial charge on any atom is -0.333 e. The number of fused-ring (bicyclic) bond motifs is 1. The van der Waals surface area contributed by atoms with Crippen LogP contribution in [0.4, 0.5) is 5.69 Å². The van der Waals surface area contributed by atoms with Crippen molar-refractivity contribution in [2.45, 2.75) is 31.7 Å². The second-order valence-corrected chi connectivity index (χ2v) is 8.69. The van der Waals surface area contributed by atoms with E-state index in [1.54, 1.807) is 29.4 Å². The average Bonchev–Trinajstić information content (AvgIpc) is 3.25. The summed E-state index contributed by atoms with van der Waals surface area (Å²) >= 11 is 1.57.